The molecule has 0 aliphatic heterocycles. The number of hydrogen-bond donors (Lipinski definition) is 1. The Morgan fingerprint density at radius 1 is 1.86 bits per heavy atom. The summed E-state index contributed by atoms with van der Waals surface area (Å²) in [6.45, 7) is 2.06. The predicted molar refractivity (Wildman–Crippen MR) is 28.4 cm³/mol. The molecule has 0 heterocycles. The van der Waals surface area contributed by atoms with E-state index in [-0.39, 0.29) is 18.9 Å². The van der Waals surface area contributed by atoms with Crippen molar-refractivity contribution in [3.63, 3.8) is 0 Å². The number of carbonyl (C=O) groups excluding carboxylic acids is 1. The molecule has 0 aromatic heterocycles. The summed E-state index contributed by atoms with van der Waals surface area (Å²) < 4.78 is 4.18. The van der Waals surface area contributed by atoms with Gasteiger partial charge in [-0.15, -0.1) is 0 Å². The summed E-state index contributed by atoms with van der Waals surface area (Å²) in [7, 11) is 0. The number of amides is 1. The van der Waals surface area contributed by atoms with Gasteiger partial charge in [0.1, 0.15) is 0 Å². The van der Waals surface area contributed by atoms with Gasteiger partial charge in [-0.2, -0.15) is 0 Å². The summed E-state index contributed by atoms with van der Waals surface area (Å²) in [6.07, 6.45) is -0.711. The van der Waals surface area contributed by atoms with Crippen LogP contribution in [-0.2, 0) is 4.74 Å². The molecule has 1 amide bonds. The fourth-order valence-corrected chi connectivity index (χ4v) is 0.142. The molecule has 38 valence electrons. The van der Waals surface area contributed by atoms with Gasteiger partial charge in [-0.05, 0) is 6.92 Å². The van der Waals surface area contributed by atoms with Crippen LogP contribution < -0.4 is 5.73 Å². The zero-order chi connectivity index (χ0) is 4.99. The standard InChI is InChI=1S/C3H7NO2.Li.H/c1-2-6-3(4)5;;/h2H2,1H3,(H2,4,5);;. The Labute approximate surface area is 54.4 Å². The quantitative estimate of drug-likeness (QED) is 0.446. The van der Waals surface area contributed by atoms with Crippen molar-refractivity contribution in [2.75, 3.05) is 6.61 Å². The monoisotopic (exact) mass is 97.1 g/mol. The van der Waals surface area contributed by atoms with Crippen molar-refractivity contribution in [3.05, 3.63) is 0 Å². The van der Waals surface area contributed by atoms with Crippen molar-refractivity contribution in [2.45, 2.75) is 6.92 Å². The van der Waals surface area contributed by atoms with Gasteiger partial charge in [0.15, 0.2) is 0 Å². The Bertz CT molecular complexity index is 56.9. The molecule has 3 nitrogen and oxygen atoms in total. The van der Waals surface area contributed by atoms with E-state index in [0.717, 1.165) is 0 Å². The summed E-state index contributed by atoms with van der Waals surface area (Å²) in [5.41, 5.74) is 4.54. The molecule has 0 rings (SSSR count). The maximum absolute atomic E-state index is 9.60. The number of rotatable bonds is 1. The van der Waals surface area contributed by atoms with Gasteiger partial charge in [0, 0.05) is 0 Å². The molecular formula is C3H8LiNO2. The first kappa shape index (κ1) is 9.98. The fraction of sp³-hybridized carbons (Fsp3) is 0.667. The number of primary amides is 1. The summed E-state index contributed by atoms with van der Waals surface area (Å²) >= 11 is 0. The normalized spacial score (nSPS) is 6.43. The average Bonchev–Trinajstić information content (AvgIpc) is 1.35. The van der Waals surface area contributed by atoms with Crippen LogP contribution >= 0.6 is 0 Å². The molecule has 0 aromatic carbocycles. The third-order valence-corrected chi connectivity index (χ3v) is 0.287. The summed E-state index contributed by atoms with van der Waals surface area (Å²) in [4.78, 5) is 9.60. The molecule has 0 spiro atoms. The topological polar surface area (TPSA) is 52.3 Å². The van der Waals surface area contributed by atoms with E-state index in [1.54, 1.807) is 6.92 Å². The van der Waals surface area contributed by atoms with Crippen molar-refractivity contribution in [3.8, 4) is 0 Å². The first-order valence-corrected chi connectivity index (χ1v) is 1.69. The fourth-order valence-electron chi connectivity index (χ4n) is 0.142. The Kier molecular flexibility index (Phi) is 8.36. The minimum absolute atomic E-state index is 0. The zero-order valence-electron chi connectivity index (χ0n) is 3.60. The van der Waals surface area contributed by atoms with Crippen LogP contribution in [0.4, 0.5) is 4.79 Å². The molecule has 0 aliphatic carbocycles. The van der Waals surface area contributed by atoms with Crippen molar-refractivity contribution in [2.24, 2.45) is 5.73 Å². The Morgan fingerprint density at radius 3 is 2.29 bits per heavy atom. The molecule has 0 atom stereocenters. The third-order valence-electron chi connectivity index (χ3n) is 0.287. The Hall–Kier alpha value is -0.133. The minimum atomic E-state index is -0.711. The van der Waals surface area contributed by atoms with Gasteiger partial charge in [0.25, 0.3) is 0 Å². The first-order valence-electron chi connectivity index (χ1n) is 1.69. The van der Waals surface area contributed by atoms with Crippen molar-refractivity contribution >= 4 is 25.0 Å². The predicted octanol–water partition coefficient (Wildman–Crippen LogP) is -0.547. The molecule has 0 aliphatic rings. The molecule has 0 unspecified atom stereocenters. The van der Waals surface area contributed by atoms with Gasteiger partial charge in [0.2, 0.25) is 0 Å². The van der Waals surface area contributed by atoms with Gasteiger partial charge >= 0.3 is 25.0 Å². The summed E-state index contributed by atoms with van der Waals surface area (Å²) in [5.74, 6) is 0. The molecule has 4 heteroatoms. The molecule has 0 bridgehead atoms. The van der Waals surface area contributed by atoms with E-state index in [1.807, 2.05) is 0 Å². The molecule has 2 N–H and O–H groups in total. The average molecular weight is 97.0 g/mol. The summed E-state index contributed by atoms with van der Waals surface area (Å²) in [6, 6.07) is 0. The first-order chi connectivity index (χ1) is 2.77. The second-order valence-electron chi connectivity index (χ2n) is 0.752. The Balaban J connectivity index is 0. The van der Waals surface area contributed by atoms with Crippen molar-refractivity contribution in [1.82, 2.24) is 0 Å². The van der Waals surface area contributed by atoms with E-state index in [4.69, 9.17) is 0 Å². The van der Waals surface area contributed by atoms with Crippen LogP contribution in [0, 0.1) is 0 Å². The van der Waals surface area contributed by atoms with E-state index in [9.17, 15) is 4.79 Å². The Morgan fingerprint density at radius 2 is 2.29 bits per heavy atom. The molecule has 0 aromatic rings. The molecule has 0 saturated carbocycles. The van der Waals surface area contributed by atoms with Gasteiger partial charge in [0.05, 0.1) is 6.61 Å². The number of hydrogen-bond acceptors (Lipinski definition) is 2. The molecule has 0 radical (unpaired) electrons. The second-order valence-corrected chi connectivity index (χ2v) is 0.752. The van der Waals surface area contributed by atoms with Crippen LogP contribution in [0.15, 0.2) is 0 Å². The van der Waals surface area contributed by atoms with E-state index in [0.29, 0.717) is 6.61 Å². The van der Waals surface area contributed by atoms with E-state index < -0.39 is 6.09 Å². The number of nitrogens with two attached hydrogens (primary N) is 1. The van der Waals surface area contributed by atoms with Gasteiger partial charge in [-0.3, -0.25) is 0 Å². The summed E-state index contributed by atoms with van der Waals surface area (Å²) in [5, 5.41) is 0. The van der Waals surface area contributed by atoms with Crippen molar-refractivity contribution in [1.29, 1.82) is 0 Å². The van der Waals surface area contributed by atoms with Crippen LogP contribution in [0.5, 0.6) is 0 Å². The van der Waals surface area contributed by atoms with Crippen LogP contribution in [0.25, 0.3) is 0 Å². The molecule has 7 heavy (non-hydrogen) atoms. The van der Waals surface area contributed by atoms with Crippen molar-refractivity contribution < 1.29 is 9.53 Å². The van der Waals surface area contributed by atoms with Crippen LogP contribution in [0.1, 0.15) is 6.92 Å². The zero-order valence-corrected chi connectivity index (χ0v) is 3.60. The number of ether oxygens (including phenoxy) is 1. The third kappa shape index (κ3) is 10.7. The van der Waals surface area contributed by atoms with Gasteiger partial charge < -0.3 is 10.5 Å². The van der Waals surface area contributed by atoms with Crippen LogP contribution in [0.2, 0.25) is 0 Å². The van der Waals surface area contributed by atoms with Crippen LogP contribution in [0.3, 0.4) is 0 Å². The van der Waals surface area contributed by atoms with Crippen LogP contribution in [-0.4, -0.2) is 31.6 Å². The van der Waals surface area contributed by atoms with E-state index in [2.05, 4.69) is 10.5 Å². The van der Waals surface area contributed by atoms with E-state index >= 15 is 0 Å². The number of carbonyl (C=O) groups is 1. The molecule has 0 fully saturated rings. The van der Waals surface area contributed by atoms with Gasteiger partial charge in [-0.25, -0.2) is 4.79 Å². The van der Waals surface area contributed by atoms with E-state index in [1.165, 1.54) is 0 Å². The molecular weight excluding hydrogens is 89.0 g/mol. The van der Waals surface area contributed by atoms with Gasteiger partial charge in [-0.1, -0.05) is 0 Å². The SMILES string of the molecule is CCOC(N)=O.[LiH]. The maximum atomic E-state index is 9.60. The second kappa shape index (κ2) is 5.87. The molecule has 0 saturated heterocycles.